The summed E-state index contributed by atoms with van der Waals surface area (Å²) in [5.41, 5.74) is 7.55. The molecule has 2 rings (SSSR count). The van der Waals surface area contributed by atoms with E-state index < -0.39 is 0 Å². The molecule has 0 aliphatic rings. The summed E-state index contributed by atoms with van der Waals surface area (Å²) in [6.07, 6.45) is 0. The summed E-state index contributed by atoms with van der Waals surface area (Å²) in [6.45, 7) is 11.7. The van der Waals surface area contributed by atoms with Gasteiger partial charge in [0.1, 0.15) is 0 Å². The number of hydrogen-bond acceptors (Lipinski definition) is 1. The van der Waals surface area contributed by atoms with Crippen LogP contribution in [0, 0.1) is 20.8 Å². The average Bonchev–Trinajstić information content (AvgIpc) is 2.43. The van der Waals surface area contributed by atoms with Crippen molar-refractivity contribution in [2.45, 2.75) is 40.7 Å². The second-order valence-corrected chi connectivity index (χ2v) is 6.17. The van der Waals surface area contributed by atoms with Crippen molar-refractivity contribution >= 4 is 11.6 Å². The predicted molar refractivity (Wildman–Crippen MR) is 93.2 cm³/mol. The number of hydrogen-bond donors (Lipinski definition) is 1. The van der Waals surface area contributed by atoms with Crippen LogP contribution in [0.3, 0.4) is 0 Å². The van der Waals surface area contributed by atoms with Gasteiger partial charge in [-0.2, -0.15) is 0 Å². The van der Waals surface area contributed by atoms with Crippen molar-refractivity contribution in [1.29, 1.82) is 0 Å². The fourth-order valence-electron chi connectivity index (χ4n) is 2.73. The summed E-state index contributed by atoms with van der Waals surface area (Å²) >= 11 is 6.49. The van der Waals surface area contributed by atoms with Gasteiger partial charge < -0.3 is 5.32 Å². The molecule has 0 aliphatic carbocycles. The molecular weight excluding hydrogens is 278 g/mol. The first-order valence-electron chi connectivity index (χ1n) is 7.55. The minimum atomic E-state index is 0.275. The molecule has 1 nitrogen and oxygen atoms in total. The van der Waals surface area contributed by atoms with E-state index in [0.717, 1.165) is 17.1 Å². The van der Waals surface area contributed by atoms with E-state index in [1.54, 1.807) is 0 Å². The van der Waals surface area contributed by atoms with E-state index in [1.807, 2.05) is 0 Å². The molecule has 0 aliphatic heterocycles. The highest BCUT2D eigenvalue weighted by atomic mass is 35.5. The van der Waals surface area contributed by atoms with Gasteiger partial charge >= 0.3 is 0 Å². The lowest BCUT2D eigenvalue weighted by atomic mass is 9.94. The Morgan fingerprint density at radius 2 is 1.67 bits per heavy atom. The lowest BCUT2D eigenvalue weighted by molar-refractivity contribution is 0.598. The molecule has 0 amide bonds. The zero-order chi connectivity index (χ0) is 15.6. The minimum absolute atomic E-state index is 0.275. The third-order valence-corrected chi connectivity index (χ3v) is 4.46. The second-order valence-electron chi connectivity index (χ2n) is 5.77. The first kappa shape index (κ1) is 16.1. The molecule has 1 atom stereocenters. The van der Waals surface area contributed by atoms with E-state index in [0.29, 0.717) is 0 Å². The van der Waals surface area contributed by atoms with Crippen LogP contribution in [0.25, 0.3) is 11.1 Å². The van der Waals surface area contributed by atoms with Crippen LogP contribution in [-0.4, -0.2) is 6.54 Å². The summed E-state index contributed by atoms with van der Waals surface area (Å²) in [7, 11) is 0. The molecule has 0 saturated carbocycles. The van der Waals surface area contributed by atoms with Crippen LogP contribution in [0.15, 0.2) is 30.3 Å². The number of halogens is 1. The van der Waals surface area contributed by atoms with Crippen LogP contribution in [0.2, 0.25) is 5.02 Å². The molecule has 0 fully saturated rings. The Morgan fingerprint density at radius 3 is 2.29 bits per heavy atom. The largest absolute Gasteiger partial charge is 0.310 e. The van der Waals surface area contributed by atoms with E-state index >= 15 is 0 Å². The molecule has 0 spiro atoms. The van der Waals surface area contributed by atoms with E-state index in [1.165, 1.54) is 27.8 Å². The van der Waals surface area contributed by atoms with Crippen molar-refractivity contribution < 1.29 is 0 Å². The topological polar surface area (TPSA) is 12.0 Å². The molecule has 112 valence electrons. The van der Waals surface area contributed by atoms with Gasteiger partial charge in [-0.25, -0.2) is 0 Å². The van der Waals surface area contributed by atoms with E-state index in [9.17, 15) is 0 Å². The normalized spacial score (nSPS) is 12.5. The van der Waals surface area contributed by atoms with Crippen molar-refractivity contribution in [2.24, 2.45) is 0 Å². The van der Waals surface area contributed by atoms with E-state index in [4.69, 9.17) is 11.6 Å². The molecule has 1 N–H and O–H groups in total. The van der Waals surface area contributed by atoms with Crippen molar-refractivity contribution in [3.8, 4) is 11.1 Å². The summed E-state index contributed by atoms with van der Waals surface area (Å²) in [5.74, 6) is 0. The standard InChI is InChI=1S/C19H24ClN/c1-6-21-15(5)17-8-7-16(11-19(17)20)18-10-13(3)12(2)9-14(18)4/h7-11,15,21H,6H2,1-5H3. The smallest absolute Gasteiger partial charge is 0.0459 e. The minimum Gasteiger partial charge on any atom is -0.310 e. The maximum atomic E-state index is 6.49. The highest BCUT2D eigenvalue weighted by Crippen LogP contribution is 2.31. The van der Waals surface area contributed by atoms with Crippen molar-refractivity contribution in [3.63, 3.8) is 0 Å². The third kappa shape index (κ3) is 3.48. The Kier molecular flexibility index (Phi) is 5.08. The van der Waals surface area contributed by atoms with Crippen LogP contribution in [0.1, 0.15) is 42.1 Å². The fourth-order valence-corrected chi connectivity index (χ4v) is 3.08. The Bertz CT molecular complexity index is 646. The summed E-state index contributed by atoms with van der Waals surface area (Å²) in [4.78, 5) is 0. The van der Waals surface area contributed by atoms with Gasteiger partial charge in [0.25, 0.3) is 0 Å². The fraction of sp³-hybridized carbons (Fsp3) is 0.368. The van der Waals surface area contributed by atoms with Crippen LogP contribution in [-0.2, 0) is 0 Å². The van der Waals surface area contributed by atoms with Gasteiger partial charge in [0.05, 0.1) is 0 Å². The van der Waals surface area contributed by atoms with Crippen molar-refractivity contribution in [3.05, 3.63) is 57.6 Å². The molecular formula is C19H24ClN. The lowest BCUT2D eigenvalue weighted by Crippen LogP contribution is -2.17. The number of nitrogens with one attached hydrogen (secondary N) is 1. The maximum absolute atomic E-state index is 6.49. The highest BCUT2D eigenvalue weighted by Gasteiger charge is 2.11. The van der Waals surface area contributed by atoms with Crippen LogP contribution in [0.5, 0.6) is 0 Å². The quantitative estimate of drug-likeness (QED) is 0.774. The molecule has 2 aromatic carbocycles. The molecule has 0 heterocycles. The summed E-state index contributed by atoms with van der Waals surface area (Å²) in [6, 6.07) is 11.2. The summed E-state index contributed by atoms with van der Waals surface area (Å²) < 4.78 is 0. The summed E-state index contributed by atoms with van der Waals surface area (Å²) in [5, 5.41) is 4.24. The number of aryl methyl sites for hydroxylation is 3. The third-order valence-electron chi connectivity index (χ3n) is 4.13. The van der Waals surface area contributed by atoms with Crippen LogP contribution >= 0.6 is 11.6 Å². The van der Waals surface area contributed by atoms with Gasteiger partial charge in [0.2, 0.25) is 0 Å². The zero-order valence-electron chi connectivity index (χ0n) is 13.5. The number of rotatable bonds is 4. The first-order valence-corrected chi connectivity index (χ1v) is 7.93. The first-order chi connectivity index (χ1) is 9.93. The van der Waals surface area contributed by atoms with Gasteiger partial charge in [0, 0.05) is 11.1 Å². The van der Waals surface area contributed by atoms with Gasteiger partial charge in [-0.3, -0.25) is 0 Å². The second kappa shape index (κ2) is 6.64. The van der Waals surface area contributed by atoms with Crippen molar-refractivity contribution in [2.75, 3.05) is 6.54 Å². The van der Waals surface area contributed by atoms with Crippen molar-refractivity contribution in [1.82, 2.24) is 5.32 Å². The molecule has 0 radical (unpaired) electrons. The molecule has 0 aromatic heterocycles. The molecule has 0 bridgehead atoms. The predicted octanol–water partition coefficient (Wildman–Crippen LogP) is 5.60. The Morgan fingerprint density at radius 1 is 1.00 bits per heavy atom. The van der Waals surface area contributed by atoms with Gasteiger partial charge in [0.15, 0.2) is 0 Å². The van der Waals surface area contributed by atoms with Crippen LogP contribution < -0.4 is 5.32 Å². The SMILES string of the molecule is CCNC(C)c1ccc(-c2cc(C)c(C)cc2C)cc1Cl. The van der Waals surface area contributed by atoms with E-state index in [-0.39, 0.29) is 6.04 Å². The average molecular weight is 302 g/mol. The Balaban J connectivity index is 2.43. The zero-order valence-corrected chi connectivity index (χ0v) is 14.3. The van der Waals surface area contributed by atoms with Gasteiger partial charge in [-0.15, -0.1) is 0 Å². The molecule has 2 heteroatoms. The molecule has 2 aromatic rings. The molecule has 1 unspecified atom stereocenters. The van der Waals surface area contributed by atoms with Crippen LogP contribution in [0.4, 0.5) is 0 Å². The highest BCUT2D eigenvalue weighted by molar-refractivity contribution is 6.31. The lowest BCUT2D eigenvalue weighted by Gasteiger charge is -2.16. The van der Waals surface area contributed by atoms with Gasteiger partial charge in [-0.1, -0.05) is 42.8 Å². The monoisotopic (exact) mass is 301 g/mol. The molecule has 21 heavy (non-hydrogen) atoms. The Labute approximate surface area is 133 Å². The van der Waals surface area contributed by atoms with E-state index in [2.05, 4.69) is 70.3 Å². The maximum Gasteiger partial charge on any atom is 0.0459 e. The van der Waals surface area contributed by atoms with Gasteiger partial charge in [-0.05, 0) is 73.7 Å². The Hall–Kier alpha value is -1.31. The number of benzene rings is 2. The molecule has 0 saturated heterocycles.